The molecule has 288 valence electrons. The Kier molecular flexibility index (Phi) is 9.83. The molecule has 0 N–H and O–H groups in total. The SMILES string of the molecule is N#Cc1c(-c2ccc(-c3nc(-c4ccccc4)nc(-c4ccccc4)n3)cc2)c(-c2cccc(-c3nc(-c4ccccc4)nc(-c4ccccc4)n3)c2)c(C#N)c2ccccc12. The lowest BCUT2D eigenvalue weighted by molar-refractivity contribution is 1.07. The van der Waals surface area contributed by atoms with Crippen LogP contribution in [0.4, 0.5) is 0 Å². The highest BCUT2D eigenvalue weighted by molar-refractivity contribution is 6.07. The number of fused-ring (bicyclic) bond motifs is 1. The topological polar surface area (TPSA) is 125 Å². The molecule has 2 heterocycles. The summed E-state index contributed by atoms with van der Waals surface area (Å²) in [6.07, 6.45) is 0. The van der Waals surface area contributed by atoms with Gasteiger partial charge in [0.15, 0.2) is 34.9 Å². The Labute approximate surface area is 357 Å². The highest BCUT2D eigenvalue weighted by atomic mass is 15.0. The van der Waals surface area contributed by atoms with Crippen LogP contribution >= 0.6 is 0 Å². The third kappa shape index (κ3) is 7.11. The molecule has 8 nitrogen and oxygen atoms in total. The third-order valence-electron chi connectivity index (χ3n) is 10.7. The molecule has 0 aliphatic rings. The van der Waals surface area contributed by atoms with Crippen molar-refractivity contribution in [2.75, 3.05) is 0 Å². The summed E-state index contributed by atoms with van der Waals surface area (Å²) in [5.41, 5.74) is 8.66. The molecule has 0 spiro atoms. The number of hydrogen-bond donors (Lipinski definition) is 0. The summed E-state index contributed by atoms with van der Waals surface area (Å²) < 4.78 is 0. The van der Waals surface area contributed by atoms with Gasteiger partial charge in [0.05, 0.1) is 11.1 Å². The molecule has 10 aromatic rings. The molecule has 0 amide bonds. The summed E-state index contributed by atoms with van der Waals surface area (Å²) in [4.78, 5) is 29.5. The molecular formula is C54H32N8. The summed E-state index contributed by atoms with van der Waals surface area (Å²) in [6, 6.07) is 67.7. The fourth-order valence-electron chi connectivity index (χ4n) is 7.72. The average molecular weight is 793 g/mol. The van der Waals surface area contributed by atoms with Gasteiger partial charge in [0.1, 0.15) is 12.1 Å². The van der Waals surface area contributed by atoms with Crippen molar-refractivity contribution in [1.82, 2.24) is 29.9 Å². The van der Waals surface area contributed by atoms with Crippen LogP contribution in [0.3, 0.4) is 0 Å². The van der Waals surface area contributed by atoms with Gasteiger partial charge in [-0.3, -0.25) is 0 Å². The average Bonchev–Trinajstić information content (AvgIpc) is 3.36. The summed E-state index contributed by atoms with van der Waals surface area (Å²) in [7, 11) is 0. The van der Waals surface area contributed by atoms with Gasteiger partial charge in [0, 0.05) is 55.3 Å². The largest absolute Gasteiger partial charge is 0.208 e. The van der Waals surface area contributed by atoms with E-state index in [-0.39, 0.29) is 0 Å². The van der Waals surface area contributed by atoms with Crippen LogP contribution in [-0.4, -0.2) is 29.9 Å². The van der Waals surface area contributed by atoms with Crippen LogP contribution in [-0.2, 0) is 0 Å². The fraction of sp³-hybridized carbons (Fsp3) is 0. The lowest BCUT2D eigenvalue weighted by Gasteiger charge is -2.18. The quantitative estimate of drug-likeness (QED) is 0.149. The minimum absolute atomic E-state index is 0.457. The van der Waals surface area contributed by atoms with E-state index in [1.54, 1.807) is 0 Å². The van der Waals surface area contributed by atoms with Crippen LogP contribution in [0.15, 0.2) is 194 Å². The molecular weight excluding hydrogens is 761 g/mol. The lowest BCUT2D eigenvalue weighted by Crippen LogP contribution is -2.01. The van der Waals surface area contributed by atoms with Crippen LogP contribution < -0.4 is 0 Å². The van der Waals surface area contributed by atoms with Crippen molar-refractivity contribution in [2.45, 2.75) is 0 Å². The summed E-state index contributed by atoms with van der Waals surface area (Å²) in [5, 5.41) is 23.3. The first-order valence-corrected chi connectivity index (χ1v) is 20.0. The van der Waals surface area contributed by atoms with E-state index in [2.05, 4.69) is 12.1 Å². The van der Waals surface area contributed by atoms with Crippen molar-refractivity contribution >= 4 is 10.8 Å². The van der Waals surface area contributed by atoms with Crippen molar-refractivity contribution in [3.63, 3.8) is 0 Å². The molecule has 0 aliphatic heterocycles. The number of aromatic nitrogens is 6. The van der Waals surface area contributed by atoms with Crippen molar-refractivity contribution in [3.05, 3.63) is 205 Å². The maximum atomic E-state index is 11.0. The van der Waals surface area contributed by atoms with Crippen LogP contribution in [0.25, 0.3) is 101 Å². The standard InChI is InChI=1S/C54H32N8/c55-33-45-43-26-13-14-27-44(43)46(34-56)48(41-24-15-25-42(32-41)54-61-51(38-20-9-3-10-21-38)58-52(62-54)39-22-11-4-12-23-39)47(45)35-28-30-40(31-29-35)53-59-49(36-16-5-1-6-17-36)57-50(60-53)37-18-7-2-8-19-37/h1-32H. The van der Waals surface area contributed by atoms with Gasteiger partial charge < -0.3 is 0 Å². The highest BCUT2D eigenvalue weighted by Gasteiger charge is 2.23. The summed E-state index contributed by atoms with van der Waals surface area (Å²) >= 11 is 0. The number of nitriles is 2. The monoisotopic (exact) mass is 792 g/mol. The van der Waals surface area contributed by atoms with Gasteiger partial charge in [-0.05, 0) is 17.2 Å². The molecule has 0 bridgehead atoms. The van der Waals surface area contributed by atoms with Crippen LogP contribution in [0.2, 0.25) is 0 Å². The Hall–Kier alpha value is -8.98. The van der Waals surface area contributed by atoms with E-state index in [0.29, 0.717) is 68.0 Å². The van der Waals surface area contributed by atoms with Crippen molar-refractivity contribution in [3.8, 4) is 103 Å². The molecule has 8 aromatic carbocycles. The van der Waals surface area contributed by atoms with E-state index in [9.17, 15) is 10.5 Å². The molecule has 10 rings (SSSR count). The minimum Gasteiger partial charge on any atom is -0.208 e. The first-order chi connectivity index (χ1) is 30.6. The van der Waals surface area contributed by atoms with Crippen molar-refractivity contribution in [2.24, 2.45) is 0 Å². The third-order valence-corrected chi connectivity index (χ3v) is 10.7. The van der Waals surface area contributed by atoms with Gasteiger partial charge in [-0.25, -0.2) is 29.9 Å². The number of hydrogen-bond acceptors (Lipinski definition) is 8. The minimum atomic E-state index is 0.457. The zero-order chi connectivity index (χ0) is 41.8. The molecule has 0 saturated heterocycles. The van der Waals surface area contributed by atoms with Gasteiger partial charge in [0.25, 0.3) is 0 Å². The molecule has 0 radical (unpaired) electrons. The van der Waals surface area contributed by atoms with E-state index in [0.717, 1.165) is 44.5 Å². The molecule has 8 heteroatoms. The Balaban J connectivity index is 1.14. The predicted molar refractivity (Wildman–Crippen MR) is 244 cm³/mol. The van der Waals surface area contributed by atoms with E-state index in [4.69, 9.17) is 29.9 Å². The second kappa shape index (κ2) is 16.3. The van der Waals surface area contributed by atoms with Gasteiger partial charge in [0.2, 0.25) is 0 Å². The molecule has 0 aliphatic carbocycles. The zero-order valence-corrected chi connectivity index (χ0v) is 33.1. The van der Waals surface area contributed by atoms with E-state index in [1.165, 1.54) is 0 Å². The van der Waals surface area contributed by atoms with Crippen molar-refractivity contribution < 1.29 is 0 Å². The van der Waals surface area contributed by atoms with E-state index in [1.807, 2.05) is 194 Å². The Morgan fingerprint density at radius 1 is 0.258 bits per heavy atom. The maximum Gasteiger partial charge on any atom is 0.164 e. The lowest BCUT2D eigenvalue weighted by atomic mass is 9.83. The van der Waals surface area contributed by atoms with Crippen LogP contribution in [0.1, 0.15) is 11.1 Å². The van der Waals surface area contributed by atoms with E-state index < -0.39 is 0 Å². The molecule has 0 atom stereocenters. The predicted octanol–water partition coefficient (Wildman–Crippen LogP) is 12.3. The molecule has 0 fully saturated rings. The van der Waals surface area contributed by atoms with Crippen molar-refractivity contribution in [1.29, 1.82) is 10.5 Å². The van der Waals surface area contributed by atoms with Gasteiger partial charge in [-0.1, -0.05) is 188 Å². The highest BCUT2D eigenvalue weighted by Crippen LogP contribution is 2.44. The van der Waals surface area contributed by atoms with Crippen LogP contribution in [0, 0.1) is 22.7 Å². The number of benzene rings is 8. The Morgan fingerprint density at radius 3 is 0.903 bits per heavy atom. The molecule has 0 saturated carbocycles. The summed E-state index contributed by atoms with van der Waals surface area (Å²) in [6.45, 7) is 0. The van der Waals surface area contributed by atoms with Gasteiger partial charge >= 0.3 is 0 Å². The van der Waals surface area contributed by atoms with Gasteiger partial charge in [-0.2, -0.15) is 10.5 Å². The zero-order valence-electron chi connectivity index (χ0n) is 33.1. The summed E-state index contributed by atoms with van der Waals surface area (Å²) in [5.74, 6) is 3.20. The Bertz CT molecular complexity index is 3230. The van der Waals surface area contributed by atoms with Gasteiger partial charge in [-0.15, -0.1) is 0 Å². The molecule has 0 unspecified atom stereocenters. The fourth-order valence-corrected chi connectivity index (χ4v) is 7.72. The number of nitrogens with zero attached hydrogens (tertiary/aromatic N) is 8. The maximum absolute atomic E-state index is 11.0. The number of rotatable bonds is 8. The first kappa shape index (κ1) is 37.3. The smallest absolute Gasteiger partial charge is 0.164 e. The van der Waals surface area contributed by atoms with Crippen LogP contribution in [0.5, 0.6) is 0 Å². The molecule has 2 aromatic heterocycles. The van der Waals surface area contributed by atoms with E-state index >= 15 is 0 Å². The second-order valence-electron chi connectivity index (χ2n) is 14.5. The Morgan fingerprint density at radius 2 is 0.532 bits per heavy atom. The normalized spacial score (nSPS) is 10.9. The second-order valence-corrected chi connectivity index (χ2v) is 14.5. The molecule has 62 heavy (non-hydrogen) atoms. The first-order valence-electron chi connectivity index (χ1n) is 20.0.